The molecule has 1 atom stereocenters. The maximum absolute atomic E-state index is 11.6. The molecule has 1 amide bonds. The Bertz CT molecular complexity index is 312. The Morgan fingerprint density at radius 1 is 0.909 bits per heavy atom. The Morgan fingerprint density at radius 2 is 1.32 bits per heavy atom. The minimum Gasteiger partial charge on any atom is -0.480 e. The minimum absolute atomic E-state index is 0.277. The molecule has 0 unspecified atom stereocenters. The Labute approximate surface area is 135 Å². The summed E-state index contributed by atoms with van der Waals surface area (Å²) < 4.78 is 0. The first-order chi connectivity index (χ1) is 10.4. The zero-order valence-corrected chi connectivity index (χ0v) is 14.7. The van der Waals surface area contributed by atoms with Gasteiger partial charge in [0.25, 0.3) is 0 Å². The van der Waals surface area contributed by atoms with E-state index in [9.17, 15) is 14.7 Å². The van der Waals surface area contributed by atoms with E-state index in [1.807, 2.05) is 0 Å². The summed E-state index contributed by atoms with van der Waals surface area (Å²) in [5, 5.41) is 9.41. The zero-order chi connectivity index (χ0) is 17.0. The fourth-order valence-corrected chi connectivity index (χ4v) is 3.05. The highest BCUT2D eigenvalue weighted by Gasteiger charge is 2.46. The second-order valence-electron chi connectivity index (χ2n) is 6.73. The van der Waals surface area contributed by atoms with Crippen LogP contribution in [-0.2, 0) is 9.59 Å². The van der Waals surface area contributed by atoms with Crippen LogP contribution in [0.3, 0.4) is 0 Å². The number of primary amides is 1. The van der Waals surface area contributed by atoms with Crippen LogP contribution >= 0.6 is 0 Å². The molecule has 0 saturated carbocycles. The average Bonchev–Trinajstić information content (AvgIpc) is 2.43. The third-order valence-electron chi connectivity index (χ3n) is 4.73. The molecule has 0 spiro atoms. The van der Waals surface area contributed by atoms with Crippen molar-refractivity contribution >= 4 is 11.9 Å². The maximum atomic E-state index is 11.6. The van der Waals surface area contributed by atoms with Crippen LogP contribution in [0.1, 0.15) is 91.4 Å². The van der Waals surface area contributed by atoms with Crippen LogP contribution in [0, 0.1) is 11.3 Å². The molecule has 0 aliphatic carbocycles. The number of carboxylic acids is 1. The number of carboxylic acid groups (broad SMARTS) is 1. The lowest BCUT2D eigenvalue weighted by Crippen LogP contribution is -2.47. The monoisotopic (exact) mass is 313 g/mol. The first-order valence-corrected chi connectivity index (χ1v) is 8.92. The van der Waals surface area contributed by atoms with Gasteiger partial charge in [-0.3, -0.25) is 9.59 Å². The summed E-state index contributed by atoms with van der Waals surface area (Å²) in [4.78, 5) is 23.1. The molecule has 0 heterocycles. The molecule has 4 heteroatoms. The van der Waals surface area contributed by atoms with E-state index in [2.05, 4.69) is 6.92 Å². The van der Waals surface area contributed by atoms with E-state index in [0.29, 0.717) is 6.42 Å². The molecule has 3 N–H and O–H groups in total. The van der Waals surface area contributed by atoms with Gasteiger partial charge in [0.05, 0.1) is 0 Å². The van der Waals surface area contributed by atoms with Crippen LogP contribution < -0.4 is 5.73 Å². The Kier molecular flexibility index (Phi) is 10.9. The van der Waals surface area contributed by atoms with Crippen molar-refractivity contribution < 1.29 is 14.7 Å². The number of hydrogen-bond acceptors (Lipinski definition) is 2. The van der Waals surface area contributed by atoms with E-state index in [1.54, 1.807) is 13.8 Å². The van der Waals surface area contributed by atoms with Gasteiger partial charge in [-0.05, 0) is 12.3 Å². The summed E-state index contributed by atoms with van der Waals surface area (Å²) in [7, 11) is 0. The Morgan fingerprint density at radius 3 is 1.64 bits per heavy atom. The van der Waals surface area contributed by atoms with Crippen LogP contribution in [0.5, 0.6) is 0 Å². The van der Waals surface area contributed by atoms with E-state index in [-0.39, 0.29) is 5.92 Å². The summed E-state index contributed by atoms with van der Waals surface area (Å²) >= 11 is 0. The van der Waals surface area contributed by atoms with E-state index < -0.39 is 17.3 Å². The van der Waals surface area contributed by atoms with Crippen molar-refractivity contribution in [1.82, 2.24) is 0 Å². The highest BCUT2D eigenvalue weighted by molar-refractivity contribution is 6.01. The predicted molar refractivity (Wildman–Crippen MR) is 90.6 cm³/mol. The molecule has 130 valence electrons. The van der Waals surface area contributed by atoms with Gasteiger partial charge in [0.1, 0.15) is 5.41 Å². The normalized spacial score (nSPS) is 14.0. The largest absolute Gasteiger partial charge is 0.480 e. The lowest BCUT2D eigenvalue weighted by atomic mass is 9.72. The van der Waals surface area contributed by atoms with Crippen molar-refractivity contribution in [2.45, 2.75) is 91.4 Å². The van der Waals surface area contributed by atoms with Crippen molar-refractivity contribution in [3.63, 3.8) is 0 Å². The molecule has 0 aromatic heterocycles. The number of aliphatic carboxylic acids is 1. The molecule has 0 saturated heterocycles. The number of carbonyl (C=O) groups excluding carboxylic acids is 1. The first-order valence-electron chi connectivity index (χ1n) is 8.92. The van der Waals surface area contributed by atoms with E-state index in [1.165, 1.54) is 44.9 Å². The number of hydrogen-bond donors (Lipinski definition) is 2. The van der Waals surface area contributed by atoms with E-state index in [4.69, 9.17) is 5.73 Å². The SMILES string of the molecule is CCCCCCCCCCCC[C@](C(N)=O)(C(=O)O)C(C)C. The quantitative estimate of drug-likeness (QED) is 0.366. The topological polar surface area (TPSA) is 80.4 Å². The van der Waals surface area contributed by atoms with Gasteiger partial charge in [0, 0.05) is 0 Å². The summed E-state index contributed by atoms with van der Waals surface area (Å²) in [6.45, 7) is 5.74. The van der Waals surface area contributed by atoms with Gasteiger partial charge in [-0.15, -0.1) is 0 Å². The zero-order valence-electron chi connectivity index (χ0n) is 14.7. The molecule has 0 rings (SSSR count). The third kappa shape index (κ3) is 6.80. The standard InChI is InChI=1S/C18H35NO3/c1-4-5-6-7-8-9-10-11-12-13-14-18(15(2)3,16(19)20)17(21)22/h15H,4-14H2,1-3H3,(H2,19,20)(H,21,22)/t18-/m0/s1. The van der Waals surface area contributed by atoms with Crippen molar-refractivity contribution in [2.24, 2.45) is 17.1 Å². The van der Waals surface area contributed by atoms with Crippen LogP contribution in [0.4, 0.5) is 0 Å². The molecular formula is C18H35NO3. The van der Waals surface area contributed by atoms with Gasteiger partial charge < -0.3 is 10.8 Å². The summed E-state index contributed by atoms with van der Waals surface area (Å²) in [5.74, 6) is -2.06. The minimum atomic E-state index is -1.40. The van der Waals surface area contributed by atoms with Gasteiger partial charge in [-0.2, -0.15) is 0 Å². The van der Waals surface area contributed by atoms with Gasteiger partial charge in [-0.1, -0.05) is 85.0 Å². The number of nitrogens with two attached hydrogens (primary N) is 1. The molecule has 0 aromatic rings. The Hall–Kier alpha value is -1.06. The van der Waals surface area contributed by atoms with Gasteiger partial charge >= 0.3 is 5.97 Å². The smallest absolute Gasteiger partial charge is 0.319 e. The third-order valence-corrected chi connectivity index (χ3v) is 4.73. The maximum Gasteiger partial charge on any atom is 0.319 e. The molecule has 0 aliphatic rings. The molecule has 0 aromatic carbocycles. The van der Waals surface area contributed by atoms with Crippen LogP contribution in [0.25, 0.3) is 0 Å². The van der Waals surface area contributed by atoms with Crippen LogP contribution in [0.15, 0.2) is 0 Å². The van der Waals surface area contributed by atoms with Gasteiger partial charge in [0.2, 0.25) is 5.91 Å². The molecule has 0 radical (unpaired) electrons. The summed E-state index contributed by atoms with van der Waals surface area (Å²) in [5.41, 5.74) is 3.97. The van der Waals surface area contributed by atoms with E-state index in [0.717, 1.165) is 19.3 Å². The molecule has 0 fully saturated rings. The number of amides is 1. The molecule has 22 heavy (non-hydrogen) atoms. The average molecular weight is 313 g/mol. The second kappa shape index (κ2) is 11.5. The predicted octanol–water partition coefficient (Wildman–Crippen LogP) is 4.51. The van der Waals surface area contributed by atoms with Crippen LogP contribution in [-0.4, -0.2) is 17.0 Å². The summed E-state index contributed by atoms with van der Waals surface area (Å²) in [6, 6.07) is 0. The number of rotatable bonds is 14. The fraction of sp³-hybridized carbons (Fsp3) is 0.889. The van der Waals surface area contributed by atoms with Gasteiger partial charge in [0.15, 0.2) is 0 Å². The summed E-state index contributed by atoms with van der Waals surface area (Å²) in [6.07, 6.45) is 12.2. The molecule has 0 bridgehead atoms. The fourth-order valence-electron chi connectivity index (χ4n) is 3.05. The molecular weight excluding hydrogens is 278 g/mol. The molecule has 0 aliphatic heterocycles. The van der Waals surface area contributed by atoms with Gasteiger partial charge in [-0.25, -0.2) is 0 Å². The lowest BCUT2D eigenvalue weighted by molar-refractivity contribution is -0.158. The highest BCUT2D eigenvalue weighted by Crippen LogP contribution is 2.34. The van der Waals surface area contributed by atoms with Crippen molar-refractivity contribution in [1.29, 1.82) is 0 Å². The van der Waals surface area contributed by atoms with Crippen molar-refractivity contribution in [3.8, 4) is 0 Å². The Balaban J connectivity index is 3.92. The first kappa shape index (κ1) is 20.9. The van der Waals surface area contributed by atoms with Crippen LogP contribution in [0.2, 0.25) is 0 Å². The number of carbonyl (C=O) groups is 2. The highest BCUT2D eigenvalue weighted by atomic mass is 16.4. The second-order valence-corrected chi connectivity index (χ2v) is 6.73. The van der Waals surface area contributed by atoms with E-state index >= 15 is 0 Å². The number of unbranched alkanes of at least 4 members (excludes halogenated alkanes) is 9. The van der Waals surface area contributed by atoms with Crippen molar-refractivity contribution in [3.05, 3.63) is 0 Å². The van der Waals surface area contributed by atoms with Crippen molar-refractivity contribution in [2.75, 3.05) is 0 Å². The molecule has 4 nitrogen and oxygen atoms in total. The lowest BCUT2D eigenvalue weighted by Gasteiger charge is -2.30.